The number of nitrogens with zero attached hydrogens (tertiary/aromatic N) is 1. The van der Waals surface area contributed by atoms with Crippen molar-refractivity contribution in [1.29, 1.82) is 0 Å². The Labute approximate surface area is 148 Å². The molecule has 2 aromatic rings. The van der Waals surface area contributed by atoms with E-state index >= 15 is 0 Å². The van der Waals surface area contributed by atoms with Crippen LogP contribution in [0.25, 0.3) is 0 Å². The van der Waals surface area contributed by atoms with Crippen molar-refractivity contribution >= 4 is 17.5 Å². The van der Waals surface area contributed by atoms with Gasteiger partial charge in [-0.05, 0) is 49.2 Å². The molecule has 1 N–H and O–H groups in total. The van der Waals surface area contributed by atoms with Gasteiger partial charge in [-0.25, -0.2) is 0 Å². The van der Waals surface area contributed by atoms with Crippen LogP contribution in [-0.2, 0) is 4.79 Å². The number of hydrogen-bond acceptors (Lipinski definition) is 3. The molecule has 0 atom stereocenters. The predicted octanol–water partition coefficient (Wildman–Crippen LogP) is 3.41. The Morgan fingerprint density at radius 2 is 1.84 bits per heavy atom. The smallest absolute Gasteiger partial charge is 0.253 e. The molecule has 0 saturated heterocycles. The fraction of sp³-hybridized carbons (Fsp3) is 0.300. The molecule has 0 bridgehead atoms. The quantitative estimate of drug-likeness (QED) is 0.877. The highest BCUT2D eigenvalue weighted by atomic mass is 16.5. The number of anilines is 1. The highest BCUT2D eigenvalue weighted by molar-refractivity contribution is 5.97. The Morgan fingerprint density at radius 1 is 1.08 bits per heavy atom. The third-order valence-electron chi connectivity index (χ3n) is 3.73. The topological polar surface area (TPSA) is 58.6 Å². The van der Waals surface area contributed by atoms with Crippen molar-refractivity contribution < 1.29 is 14.3 Å². The van der Waals surface area contributed by atoms with Crippen molar-refractivity contribution in [2.75, 3.05) is 26.0 Å². The van der Waals surface area contributed by atoms with E-state index < -0.39 is 0 Å². The van der Waals surface area contributed by atoms with Crippen LogP contribution in [0.1, 0.15) is 27.9 Å². The number of amides is 2. The van der Waals surface area contributed by atoms with E-state index in [0.29, 0.717) is 17.9 Å². The van der Waals surface area contributed by atoms with Crippen LogP contribution < -0.4 is 10.1 Å². The van der Waals surface area contributed by atoms with Crippen molar-refractivity contribution in [2.45, 2.75) is 20.3 Å². The molecule has 0 unspecified atom stereocenters. The van der Waals surface area contributed by atoms with Gasteiger partial charge < -0.3 is 15.0 Å². The first-order valence-electron chi connectivity index (χ1n) is 8.18. The maximum absolute atomic E-state index is 12.1. The number of aryl methyl sites for hydroxylation is 2. The maximum atomic E-state index is 12.1. The Bertz CT molecular complexity index is 769. The number of hydrogen-bond donors (Lipinski definition) is 1. The van der Waals surface area contributed by atoms with Crippen LogP contribution in [-0.4, -0.2) is 37.4 Å². The van der Waals surface area contributed by atoms with Gasteiger partial charge in [0.25, 0.3) is 5.91 Å². The number of carbonyl (C=O) groups excluding carboxylic acids is 2. The summed E-state index contributed by atoms with van der Waals surface area (Å²) >= 11 is 0. The lowest BCUT2D eigenvalue weighted by Gasteiger charge is -2.12. The van der Waals surface area contributed by atoms with Crippen molar-refractivity contribution in [3.8, 4) is 5.75 Å². The summed E-state index contributed by atoms with van der Waals surface area (Å²) in [5.41, 5.74) is 3.30. The molecule has 0 radical (unpaired) electrons. The van der Waals surface area contributed by atoms with E-state index in [1.807, 2.05) is 32.0 Å². The summed E-state index contributed by atoms with van der Waals surface area (Å²) in [5.74, 6) is 0.542. The average Bonchev–Trinajstić information content (AvgIpc) is 2.57. The first-order valence-corrected chi connectivity index (χ1v) is 8.18. The molecular formula is C20H24N2O3. The highest BCUT2D eigenvalue weighted by Gasteiger charge is 2.10. The first kappa shape index (κ1) is 18.5. The summed E-state index contributed by atoms with van der Waals surface area (Å²) in [6, 6.07) is 12.9. The van der Waals surface area contributed by atoms with Gasteiger partial charge in [-0.3, -0.25) is 9.59 Å². The van der Waals surface area contributed by atoms with Crippen molar-refractivity contribution in [3.05, 3.63) is 59.2 Å². The zero-order chi connectivity index (χ0) is 18.4. The highest BCUT2D eigenvalue weighted by Crippen LogP contribution is 2.19. The van der Waals surface area contributed by atoms with Crippen LogP contribution >= 0.6 is 0 Å². The molecule has 2 aromatic carbocycles. The summed E-state index contributed by atoms with van der Waals surface area (Å²) in [6.45, 7) is 4.27. The van der Waals surface area contributed by atoms with Crippen LogP contribution in [0.3, 0.4) is 0 Å². The molecule has 5 nitrogen and oxygen atoms in total. The summed E-state index contributed by atoms with van der Waals surface area (Å²) < 4.78 is 5.70. The standard InChI is InChI=1S/C20H24N2O3/c1-14-8-9-15(2)18(12-14)25-11-10-19(23)21-17-7-5-6-16(13-17)20(24)22(3)4/h5-9,12-13H,10-11H2,1-4H3,(H,21,23). The van der Waals surface area contributed by atoms with Crippen LogP contribution in [0.15, 0.2) is 42.5 Å². The fourth-order valence-electron chi connectivity index (χ4n) is 2.33. The first-order chi connectivity index (χ1) is 11.9. The van der Waals surface area contributed by atoms with E-state index in [9.17, 15) is 9.59 Å². The normalized spacial score (nSPS) is 10.2. The molecule has 2 rings (SSSR count). The Balaban J connectivity index is 1.89. The van der Waals surface area contributed by atoms with E-state index in [2.05, 4.69) is 5.32 Å². The van der Waals surface area contributed by atoms with E-state index in [1.54, 1.807) is 38.4 Å². The molecule has 0 spiro atoms. The van der Waals surface area contributed by atoms with E-state index in [-0.39, 0.29) is 18.2 Å². The van der Waals surface area contributed by atoms with Gasteiger partial charge in [-0.2, -0.15) is 0 Å². The molecule has 0 fully saturated rings. The van der Waals surface area contributed by atoms with E-state index in [1.165, 1.54) is 4.90 Å². The van der Waals surface area contributed by atoms with Gasteiger partial charge in [0.05, 0.1) is 13.0 Å². The molecular weight excluding hydrogens is 316 g/mol. The number of benzene rings is 2. The van der Waals surface area contributed by atoms with Crippen LogP contribution in [0.5, 0.6) is 5.75 Å². The summed E-state index contributed by atoms with van der Waals surface area (Å²) in [4.78, 5) is 25.5. The molecule has 0 aliphatic rings. The lowest BCUT2D eigenvalue weighted by atomic mass is 10.1. The number of rotatable bonds is 6. The van der Waals surface area contributed by atoms with Gasteiger partial charge in [-0.15, -0.1) is 0 Å². The molecule has 132 valence electrons. The monoisotopic (exact) mass is 340 g/mol. The van der Waals surface area contributed by atoms with Crippen LogP contribution in [0, 0.1) is 13.8 Å². The minimum absolute atomic E-state index is 0.102. The van der Waals surface area contributed by atoms with Crippen molar-refractivity contribution in [3.63, 3.8) is 0 Å². The third kappa shape index (κ3) is 5.35. The number of nitrogens with one attached hydrogen (secondary N) is 1. The largest absolute Gasteiger partial charge is 0.493 e. The minimum atomic E-state index is -0.153. The second-order valence-corrected chi connectivity index (χ2v) is 6.20. The molecule has 0 saturated carbocycles. The molecule has 5 heteroatoms. The van der Waals surface area contributed by atoms with Gasteiger partial charge in [0.1, 0.15) is 5.75 Å². The maximum Gasteiger partial charge on any atom is 0.253 e. The summed E-state index contributed by atoms with van der Waals surface area (Å²) in [6.07, 6.45) is 0.235. The Hall–Kier alpha value is -2.82. The van der Waals surface area contributed by atoms with Gasteiger partial charge in [0, 0.05) is 25.3 Å². The van der Waals surface area contributed by atoms with Gasteiger partial charge in [-0.1, -0.05) is 18.2 Å². The zero-order valence-electron chi connectivity index (χ0n) is 15.1. The molecule has 0 aliphatic carbocycles. The minimum Gasteiger partial charge on any atom is -0.493 e. The van der Waals surface area contributed by atoms with Gasteiger partial charge in [0.15, 0.2) is 0 Å². The Morgan fingerprint density at radius 3 is 2.56 bits per heavy atom. The molecule has 0 aromatic heterocycles. The van der Waals surface area contributed by atoms with E-state index in [0.717, 1.165) is 16.9 Å². The third-order valence-corrected chi connectivity index (χ3v) is 3.73. The molecule has 0 heterocycles. The lowest BCUT2D eigenvalue weighted by Crippen LogP contribution is -2.22. The fourth-order valence-corrected chi connectivity index (χ4v) is 2.33. The lowest BCUT2D eigenvalue weighted by molar-refractivity contribution is -0.116. The van der Waals surface area contributed by atoms with Crippen LogP contribution in [0.2, 0.25) is 0 Å². The SMILES string of the molecule is Cc1ccc(C)c(OCCC(=O)Nc2cccc(C(=O)N(C)C)c2)c1. The summed E-state index contributed by atoms with van der Waals surface area (Å²) in [7, 11) is 3.39. The van der Waals surface area contributed by atoms with Crippen molar-refractivity contribution in [1.82, 2.24) is 4.90 Å². The number of carbonyl (C=O) groups is 2. The number of ether oxygens (including phenoxy) is 1. The Kier molecular flexibility index (Phi) is 6.17. The van der Waals surface area contributed by atoms with Gasteiger partial charge >= 0.3 is 0 Å². The molecule has 0 aliphatic heterocycles. The van der Waals surface area contributed by atoms with Crippen molar-refractivity contribution in [2.24, 2.45) is 0 Å². The molecule has 25 heavy (non-hydrogen) atoms. The predicted molar refractivity (Wildman–Crippen MR) is 99.1 cm³/mol. The second kappa shape index (κ2) is 8.33. The molecule has 2 amide bonds. The van der Waals surface area contributed by atoms with Gasteiger partial charge in [0.2, 0.25) is 5.91 Å². The second-order valence-electron chi connectivity index (χ2n) is 6.20. The average molecular weight is 340 g/mol. The van der Waals surface area contributed by atoms with Crippen LogP contribution in [0.4, 0.5) is 5.69 Å². The van der Waals surface area contributed by atoms with E-state index in [4.69, 9.17) is 4.74 Å². The zero-order valence-corrected chi connectivity index (χ0v) is 15.1. The summed E-state index contributed by atoms with van der Waals surface area (Å²) in [5, 5.41) is 2.80.